The number of nitrogens with two attached hydrogens (primary N) is 1. The Hall–Kier alpha value is -1.14. The minimum atomic E-state index is -1.44. The molecule has 0 heterocycles. The first-order valence-electron chi connectivity index (χ1n) is 4.92. The maximum Gasteiger partial charge on any atom is 0.239 e. The summed E-state index contributed by atoms with van der Waals surface area (Å²) in [5, 5.41) is 2.13. The van der Waals surface area contributed by atoms with Gasteiger partial charge in [0.1, 0.15) is 5.41 Å². The number of hydrogen-bond donors (Lipinski definition) is 2. The first kappa shape index (κ1) is 14.9. The lowest BCUT2D eigenvalue weighted by atomic mass is 9.91. The van der Waals surface area contributed by atoms with Gasteiger partial charge in [0.2, 0.25) is 11.8 Å². The van der Waals surface area contributed by atoms with Crippen LogP contribution in [0.3, 0.4) is 0 Å². The van der Waals surface area contributed by atoms with E-state index in [0.29, 0.717) is 4.47 Å². The van der Waals surface area contributed by atoms with Crippen LogP contribution in [-0.4, -0.2) is 11.8 Å². The Morgan fingerprint density at radius 2 is 2.00 bits per heavy atom. The normalized spacial score (nSPS) is 11.2. The fraction of sp³-hybridized carbons (Fsp3) is 0.273. The van der Waals surface area contributed by atoms with Gasteiger partial charge in [-0.1, -0.05) is 11.6 Å². The number of nitrogens with one attached hydrogen (secondary N) is 1. The van der Waals surface area contributed by atoms with Gasteiger partial charge in [-0.2, -0.15) is 0 Å². The summed E-state index contributed by atoms with van der Waals surface area (Å²) in [5.74, 6) is -2.28. The molecular weight excluding hydrogens is 326 g/mol. The fourth-order valence-electron chi connectivity index (χ4n) is 1.01. The fourth-order valence-corrected chi connectivity index (χ4v) is 1.48. The largest absolute Gasteiger partial charge is 0.369 e. The zero-order valence-corrected chi connectivity index (χ0v) is 12.0. The molecule has 0 spiro atoms. The van der Waals surface area contributed by atoms with Crippen LogP contribution in [0.25, 0.3) is 0 Å². The zero-order valence-electron chi connectivity index (χ0n) is 9.68. The topological polar surface area (TPSA) is 72.2 Å². The molecule has 0 aliphatic heterocycles. The average molecular weight is 338 g/mol. The number of carbonyl (C=O) groups excluding carboxylic acids is 2. The van der Waals surface area contributed by atoms with E-state index in [9.17, 15) is 14.0 Å². The lowest BCUT2D eigenvalue weighted by Gasteiger charge is -2.20. The molecule has 0 atom stereocenters. The molecule has 0 saturated carbocycles. The first-order valence-corrected chi connectivity index (χ1v) is 6.10. The van der Waals surface area contributed by atoms with Gasteiger partial charge in [0.15, 0.2) is 5.82 Å². The second-order valence-electron chi connectivity index (χ2n) is 4.17. The summed E-state index contributed by atoms with van der Waals surface area (Å²) < 4.78 is 14.1. The number of amides is 2. The van der Waals surface area contributed by atoms with Crippen LogP contribution in [0.1, 0.15) is 13.8 Å². The van der Waals surface area contributed by atoms with E-state index in [4.69, 9.17) is 17.3 Å². The lowest BCUT2D eigenvalue weighted by molar-refractivity contribution is -0.136. The predicted molar refractivity (Wildman–Crippen MR) is 70.7 cm³/mol. The highest BCUT2D eigenvalue weighted by atomic mass is 79.9. The third kappa shape index (κ3) is 2.81. The second kappa shape index (κ2) is 5.24. The van der Waals surface area contributed by atoms with E-state index in [-0.39, 0.29) is 10.7 Å². The molecule has 1 aromatic carbocycles. The van der Waals surface area contributed by atoms with Crippen LogP contribution in [0.15, 0.2) is 16.6 Å². The summed E-state index contributed by atoms with van der Waals surface area (Å²) in [6.45, 7) is 2.70. The van der Waals surface area contributed by atoms with E-state index in [1.165, 1.54) is 26.0 Å². The van der Waals surface area contributed by atoms with Gasteiger partial charge in [-0.15, -0.1) is 0 Å². The summed E-state index contributed by atoms with van der Waals surface area (Å²) >= 11 is 8.73. The van der Waals surface area contributed by atoms with E-state index in [1.807, 2.05) is 0 Å². The monoisotopic (exact) mass is 336 g/mol. The number of primary amides is 1. The van der Waals surface area contributed by atoms with Gasteiger partial charge < -0.3 is 11.1 Å². The minimum Gasteiger partial charge on any atom is -0.369 e. The molecule has 0 fully saturated rings. The molecule has 0 saturated heterocycles. The summed E-state index contributed by atoms with van der Waals surface area (Å²) in [6.07, 6.45) is 0. The number of halogens is 3. The molecule has 7 heteroatoms. The van der Waals surface area contributed by atoms with Crippen LogP contribution in [0.4, 0.5) is 10.1 Å². The zero-order chi connectivity index (χ0) is 14.1. The van der Waals surface area contributed by atoms with Crippen molar-refractivity contribution in [2.75, 3.05) is 5.32 Å². The third-order valence-electron chi connectivity index (χ3n) is 2.47. The van der Waals surface area contributed by atoms with Crippen LogP contribution >= 0.6 is 27.5 Å². The molecule has 2 amide bonds. The number of carbonyl (C=O) groups is 2. The molecule has 3 N–H and O–H groups in total. The Labute approximate surface area is 117 Å². The minimum absolute atomic E-state index is 0.109. The van der Waals surface area contributed by atoms with Crippen molar-refractivity contribution < 1.29 is 14.0 Å². The highest BCUT2D eigenvalue weighted by Gasteiger charge is 2.34. The van der Waals surface area contributed by atoms with Crippen molar-refractivity contribution in [1.82, 2.24) is 0 Å². The highest BCUT2D eigenvalue weighted by Crippen LogP contribution is 2.31. The van der Waals surface area contributed by atoms with E-state index in [2.05, 4.69) is 21.2 Å². The van der Waals surface area contributed by atoms with E-state index < -0.39 is 23.0 Å². The van der Waals surface area contributed by atoms with Crippen molar-refractivity contribution in [2.24, 2.45) is 11.1 Å². The first-order chi connectivity index (χ1) is 8.17. The van der Waals surface area contributed by atoms with Crippen molar-refractivity contribution >= 4 is 45.0 Å². The number of rotatable bonds is 3. The maximum absolute atomic E-state index is 13.7. The Kier molecular flexibility index (Phi) is 4.34. The van der Waals surface area contributed by atoms with E-state index in [0.717, 1.165) is 0 Å². The second-order valence-corrected chi connectivity index (χ2v) is 5.40. The highest BCUT2D eigenvalue weighted by molar-refractivity contribution is 9.10. The SMILES string of the molecule is CC(C)(C(N)=O)C(=O)Nc1ccc(Br)c(Cl)c1F. The van der Waals surface area contributed by atoms with Gasteiger partial charge in [-0.3, -0.25) is 9.59 Å². The molecule has 4 nitrogen and oxygen atoms in total. The van der Waals surface area contributed by atoms with Crippen LogP contribution in [0.2, 0.25) is 5.02 Å². The molecule has 0 aliphatic carbocycles. The van der Waals surface area contributed by atoms with E-state index >= 15 is 0 Å². The van der Waals surface area contributed by atoms with Crippen molar-refractivity contribution in [2.45, 2.75) is 13.8 Å². The van der Waals surface area contributed by atoms with Crippen molar-refractivity contribution in [3.05, 3.63) is 27.4 Å². The average Bonchev–Trinajstić information content (AvgIpc) is 2.29. The molecule has 1 rings (SSSR count). The molecule has 0 aliphatic rings. The van der Waals surface area contributed by atoms with Gasteiger partial charge in [0, 0.05) is 4.47 Å². The van der Waals surface area contributed by atoms with Crippen molar-refractivity contribution in [3.63, 3.8) is 0 Å². The summed E-state index contributed by atoms with van der Waals surface area (Å²) in [4.78, 5) is 22.9. The van der Waals surface area contributed by atoms with E-state index in [1.54, 1.807) is 0 Å². The molecule has 98 valence electrons. The molecule has 1 aromatic rings. The van der Waals surface area contributed by atoms with Gasteiger partial charge in [0.25, 0.3) is 0 Å². The predicted octanol–water partition coefficient (Wildman–Crippen LogP) is 2.69. The molecule has 0 bridgehead atoms. The van der Waals surface area contributed by atoms with Gasteiger partial charge >= 0.3 is 0 Å². The molecule has 0 aromatic heterocycles. The summed E-state index contributed by atoms with van der Waals surface area (Å²) in [5.41, 5.74) is 3.54. The number of benzene rings is 1. The van der Waals surface area contributed by atoms with Gasteiger partial charge in [0.05, 0.1) is 10.7 Å². The van der Waals surface area contributed by atoms with Crippen molar-refractivity contribution in [3.8, 4) is 0 Å². The standard InChI is InChI=1S/C11H11BrClFN2O2/c1-11(2,9(15)17)10(18)16-6-4-3-5(12)7(13)8(6)14/h3-4H,1-2H3,(H2,15,17)(H,16,18). The van der Waals surface area contributed by atoms with Crippen molar-refractivity contribution in [1.29, 1.82) is 0 Å². The Balaban J connectivity index is 3.03. The molecule has 0 unspecified atom stereocenters. The quantitative estimate of drug-likeness (QED) is 0.657. The lowest BCUT2D eigenvalue weighted by Crippen LogP contribution is -2.42. The van der Waals surface area contributed by atoms with Crippen LogP contribution in [0.5, 0.6) is 0 Å². The Morgan fingerprint density at radius 1 is 1.44 bits per heavy atom. The maximum atomic E-state index is 13.7. The third-order valence-corrected chi connectivity index (χ3v) is 3.73. The van der Waals surface area contributed by atoms with Gasteiger partial charge in [-0.25, -0.2) is 4.39 Å². The number of hydrogen-bond acceptors (Lipinski definition) is 2. The summed E-state index contributed by atoms with van der Waals surface area (Å²) in [6, 6.07) is 2.82. The number of anilines is 1. The smallest absolute Gasteiger partial charge is 0.239 e. The Morgan fingerprint density at radius 3 is 2.50 bits per heavy atom. The molecule has 0 radical (unpaired) electrons. The molecular formula is C11H11BrClFN2O2. The summed E-state index contributed by atoms with van der Waals surface area (Å²) in [7, 11) is 0. The van der Waals surface area contributed by atoms with Crippen LogP contribution in [0, 0.1) is 11.2 Å². The van der Waals surface area contributed by atoms with Gasteiger partial charge in [-0.05, 0) is 41.9 Å². The Bertz CT molecular complexity index is 520. The van der Waals surface area contributed by atoms with Crippen LogP contribution < -0.4 is 11.1 Å². The molecule has 18 heavy (non-hydrogen) atoms. The van der Waals surface area contributed by atoms with Crippen LogP contribution in [-0.2, 0) is 9.59 Å².